The molecular weight excluding hydrogens is 228 g/mol. The summed E-state index contributed by atoms with van der Waals surface area (Å²) in [6, 6.07) is 15.2. The van der Waals surface area contributed by atoms with Crippen LogP contribution in [0.25, 0.3) is 10.8 Å². The second-order valence-electron chi connectivity index (χ2n) is 5.43. The lowest BCUT2D eigenvalue weighted by Crippen LogP contribution is -2.20. The number of alkyl halides is 1. The highest BCUT2D eigenvalue weighted by Gasteiger charge is 2.22. The summed E-state index contributed by atoms with van der Waals surface area (Å²) in [4.78, 5) is 0. The van der Waals surface area contributed by atoms with E-state index >= 15 is 0 Å². The maximum atomic E-state index is 6.13. The van der Waals surface area contributed by atoms with E-state index in [0.717, 1.165) is 6.42 Å². The molecule has 1 atom stereocenters. The van der Waals surface area contributed by atoms with Gasteiger partial charge in [-0.05, 0) is 35.1 Å². The van der Waals surface area contributed by atoms with Gasteiger partial charge in [-0.1, -0.05) is 56.3 Å². The van der Waals surface area contributed by atoms with Crippen LogP contribution in [-0.4, -0.2) is 5.38 Å². The normalized spacial score (nSPS) is 13.9. The Balaban J connectivity index is 2.42. The molecule has 0 heterocycles. The molecule has 1 heteroatoms. The van der Waals surface area contributed by atoms with Gasteiger partial charge in [-0.25, -0.2) is 0 Å². The Morgan fingerprint density at radius 1 is 1.06 bits per heavy atom. The van der Waals surface area contributed by atoms with E-state index in [4.69, 9.17) is 11.6 Å². The van der Waals surface area contributed by atoms with E-state index in [0.29, 0.717) is 0 Å². The van der Waals surface area contributed by atoms with Gasteiger partial charge in [-0.2, -0.15) is 0 Å². The zero-order valence-electron chi connectivity index (χ0n) is 10.7. The van der Waals surface area contributed by atoms with Crippen LogP contribution in [0.1, 0.15) is 32.8 Å². The monoisotopic (exact) mass is 246 g/mol. The molecule has 1 unspecified atom stereocenters. The average molecular weight is 247 g/mol. The molecule has 0 N–H and O–H groups in total. The maximum absolute atomic E-state index is 6.13. The third-order valence-electron chi connectivity index (χ3n) is 3.32. The lowest BCUT2D eigenvalue weighted by Gasteiger charge is -2.27. The van der Waals surface area contributed by atoms with Gasteiger partial charge in [-0.3, -0.25) is 0 Å². The Bertz CT molecular complexity index is 512. The summed E-state index contributed by atoms with van der Waals surface area (Å²) in [6.07, 6.45) is 0.993. The molecule has 2 aromatic carbocycles. The Hall–Kier alpha value is -1.01. The zero-order valence-corrected chi connectivity index (χ0v) is 11.5. The fourth-order valence-corrected chi connectivity index (χ4v) is 2.82. The van der Waals surface area contributed by atoms with Crippen LogP contribution in [0.3, 0.4) is 0 Å². The summed E-state index contributed by atoms with van der Waals surface area (Å²) in [5.41, 5.74) is 1.49. The van der Waals surface area contributed by atoms with Gasteiger partial charge >= 0.3 is 0 Å². The van der Waals surface area contributed by atoms with Crippen LogP contribution < -0.4 is 0 Å². The van der Waals surface area contributed by atoms with Crippen LogP contribution >= 0.6 is 11.6 Å². The molecule has 0 nitrogen and oxygen atoms in total. The first-order valence-corrected chi connectivity index (χ1v) is 6.56. The summed E-state index contributed by atoms with van der Waals surface area (Å²) in [7, 11) is 0. The van der Waals surface area contributed by atoms with Gasteiger partial charge in [0.2, 0.25) is 0 Å². The van der Waals surface area contributed by atoms with Crippen molar-refractivity contribution < 1.29 is 0 Å². The predicted octanol–water partition coefficient (Wildman–Crippen LogP) is 5.13. The fourth-order valence-electron chi connectivity index (χ4n) is 2.43. The van der Waals surface area contributed by atoms with Crippen molar-refractivity contribution in [1.82, 2.24) is 0 Å². The van der Waals surface area contributed by atoms with Gasteiger partial charge in [0.05, 0.1) is 0 Å². The third-order valence-corrected chi connectivity index (χ3v) is 3.48. The smallest absolute Gasteiger partial charge is 0.0316 e. The molecule has 90 valence electrons. The Kier molecular flexibility index (Phi) is 3.44. The summed E-state index contributed by atoms with van der Waals surface area (Å²) >= 11 is 6.13. The van der Waals surface area contributed by atoms with Gasteiger partial charge in [0.25, 0.3) is 0 Å². The first kappa shape index (κ1) is 12.4. The molecule has 0 saturated heterocycles. The third kappa shape index (κ3) is 2.81. The van der Waals surface area contributed by atoms with Crippen molar-refractivity contribution in [3.05, 3.63) is 48.0 Å². The largest absolute Gasteiger partial charge is 0.123 e. The van der Waals surface area contributed by atoms with E-state index in [1.165, 1.54) is 16.3 Å². The van der Waals surface area contributed by atoms with Gasteiger partial charge in [-0.15, -0.1) is 11.6 Å². The van der Waals surface area contributed by atoms with Gasteiger partial charge in [0.15, 0.2) is 0 Å². The number of rotatable bonds is 3. The topological polar surface area (TPSA) is 0 Å². The number of halogens is 1. The molecule has 0 aromatic heterocycles. The molecule has 0 aliphatic heterocycles. The van der Waals surface area contributed by atoms with Crippen molar-refractivity contribution in [2.75, 3.05) is 0 Å². The highest BCUT2D eigenvalue weighted by Crippen LogP contribution is 2.31. The second kappa shape index (κ2) is 4.70. The summed E-state index contributed by atoms with van der Waals surface area (Å²) in [5, 5.41) is 2.81. The minimum atomic E-state index is 0.130. The van der Waals surface area contributed by atoms with Crippen molar-refractivity contribution in [2.45, 2.75) is 38.0 Å². The molecule has 0 aliphatic rings. The number of fused-ring (bicyclic) bond motifs is 1. The van der Waals surface area contributed by atoms with Crippen LogP contribution in [-0.2, 0) is 5.41 Å². The molecule has 0 aliphatic carbocycles. The highest BCUT2D eigenvalue weighted by atomic mass is 35.5. The number of hydrogen-bond acceptors (Lipinski definition) is 0. The molecule has 0 bridgehead atoms. The molecular formula is C16H19Cl. The summed E-state index contributed by atoms with van der Waals surface area (Å²) in [5.74, 6) is 0. The molecule has 17 heavy (non-hydrogen) atoms. The number of hydrogen-bond donors (Lipinski definition) is 0. The van der Waals surface area contributed by atoms with Crippen molar-refractivity contribution >= 4 is 22.4 Å². The molecule has 0 saturated carbocycles. The molecule has 2 aromatic rings. The van der Waals surface area contributed by atoms with Crippen molar-refractivity contribution in [3.63, 3.8) is 0 Å². The lowest BCUT2D eigenvalue weighted by atomic mass is 9.80. The maximum Gasteiger partial charge on any atom is 0.0316 e. The molecule has 0 amide bonds. The first-order valence-electron chi connectivity index (χ1n) is 6.12. The Morgan fingerprint density at radius 3 is 2.35 bits per heavy atom. The molecule has 0 fully saturated rings. The van der Waals surface area contributed by atoms with Gasteiger partial charge in [0, 0.05) is 5.38 Å². The molecule has 2 rings (SSSR count). The van der Waals surface area contributed by atoms with E-state index in [1.807, 2.05) is 0 Å². The van der Waals surface area contributed by atoms with Crippen LogP contribution in [0.2, 0.25) is 0 Å². The molecule has 0 radical (unpaired) electrons. The lowest BCUT2D eigenvalue weighted by molar-refractivity contribution is 0.477. The van der Waals surface area contributed by atoms with Gasteiger partial charge < -0.3 is 0 Å². The van der Waals surface area contributed by atoms with E-state index in [9.17, 15) is 0 Å². The van der Waals surface area contributed by atoms with Crippen LogP contribution in [0.15, 0.2) is 42.5 Å². The minimum Gasteiger partial charge on any atom is -0.123 e. The zero-order chi connectivity index (χ0) is 12.5. The summed E-state index contributed by atoms with van der Waals surface area (Å²) < 4.78 is 0. The van der Waals surface area contributed by atoms with E-state index in [2.05, 4.69) is 63.2 Å². The van der Waals surface area contributed by atoms with Crippen LogP contribution in [0.5, 0.6) is 0 Å². The van der Waals surface area contributed by atoms with Crippen LogP contribution in [0.4, 0.5) is 0 Å². The fraction of sp³-hybridized carbons (Fsp3) is 0.375. The van der Waals surface area contributed by atoms with E-state index in [1.54, 1.807) is 0 Å². The average Bonchev–Trinajstić information content (AvgIpc) is 2.26. The van der Waals surface area contributed by atoms with Crippen molar-refractivity contribution in [2.24, 2.45) is 0 Å². The van der Waals surface area contributed by atoms with Crippen molar-refractivity contribution in [1.29, 1.82) is 0 Å². The second-order valence-corrected chi connectivity index (χ2v) is 6.18. The Labute approximate surface area is 109 Å². The standard InChI is InChI=1S/C16H19Cl/c1-12(17)11-16(2,3)15-9-8-13-6-4-5-7-14(13)10-15/h4-10,12H,11H2,1-3H3. The van der Waals surface area contributed by atoms with Gasteiger partial charge in [0.1, 0.15) is 0 Å². The van der Waals surface area contributed by atoms with E-state index < -0.39 is 0 Å². The highest BCUT2D eigenvalue weighted by molar-refractivity contribution is 6.20. The SMILES string of the molecule is CC(Cl)CC(C)(C)c1ccc2ccccc2c1. The molecule has 0 spiro atoms. The first-order chi connectivity index (χ1) is 7.99. The minimum absolute atomic E-state index is 0.130. The van der Waals surface area contributed by atoms with Crippen LogP contribution in [0, 0.1) is 0 Å². The number of benzene rings is 2. The predicted molar refractivity (Wildman–Crippen MR) is 76.9 cm³/mol. The van der Waals surface area contributed by atoms with E-state index in [-0.39, 0.29) is 10.8 Å². The Morgan fingerprint density at radius 2 is 1.71 bits per heavy atom. The quantitative estimate of drug-likeness (QED) is 0.659. The van der Waals surface area contributed by atoms with Crippen molar-refractivity contribution in [3.8, 4) is 0 Å². The summed E-state index contributed by atoms with van der Waals surface area (Å²) in [6.45, 7) is 6.58.